The number of amides is 1. The van der Waals surface area contributed by atoms with Crippen molar-refractivity contribution in [3.05, 3.63) is 86.8 Å². The van der Waals surface area contributed by atoms with E-state index in [2.05, 4.69) is 4.98 Å². The van der Waals surface area contributed by atoms with Gasteiger partial charge in [-0.2, -0.15) is 0 Å². The summed E-state index contributed by atoms with van der Waals surface area (Å²) in [5.41, 5.74) is 5.74. The summed E-state index contributed by atoms with van der Waals surface area (Å²) in [7, 11) is 1.48. The van der Waals surface area contributed by atoms with Crippen molar-refractivity contribution in [1.82, 2.24) is 9.55 Å². The van der Waals surface area contributed by atoms with Crippen LogP contribution in [0.2, 0.25) is 0 Å². The number of hydrogen-bond donors (Lipinski definition) is 2. The molecule has 0 atom stereocenters. The maximum Gasteiger partial charge on any atom is 0.330 e. The number of rotatable bonds is 10. The van der Waals surface area contributed by atoms with Crippen LogP contribution in [0.1, 0.15) is 29.5 Å². The molecule has 0 aliphatic heterocycles. The molecule has 10 nitrogen and oxygen atoms in total. The van der Waals surface area contributed by atoms with E-state index in [0.717, 1.165) is 0 Å². The minimum Gasteiger partial charge on any atom is -0.489 e. The number of methoxy groups -OCH3 is 1. The van der Waals surface area contributed by atoms with Crippen molar-refractivity contribution in [2.24, 2.45) is 0 Å². The maximum absolute atomic E-state index is 13.9. The lowest BCUT2D eigenvalue weighted by Gasteiger charge is -2.23. The van der Waals surface area contributed by atoms with E-state index in [-0.39, 0.29) is 43.6 Å². The number of nitrogen functional groups attached to an aromatic ring is 1. The Bertz CT molecular complexity index is 1470. The third-order valence-corrected chi connectivity index (χ3v) is 5.71. The number of nitrogens with zero attached hydrogens (tertiary/aromatic N) is 2. The molecular weight excluding hydrogens is 464 g/mol. The minimum absolute atomic E-state index is 0.00295. The maximum atomic E-state index is 13.9. The number of carbonyl (C=O) groups is 1. The summed E-state index contributed by atoms with van der Waals surface area (Å²) in [5.74, 6) is -0.0675. The highest BCUT2D eigenvalue weighted by atomic mass is 16.5. The lowest BCUT2D eigenvalue weighted by Crippen LogP contribution is -2.42. The normalized spacial score (nSPS) is 11.1. The molecule has 2 heterocycles. The number of H-pyrrole nitrogens is 1. The molecule has 36 heavy (non-hydrogen) atoms. The van der Waals surface area contributed by atoms with Gasteiger partial charge in [-0.05, 0) is 24.6 Å². The van der Waals surface area contributed by atoms with Gasteiger partial charge in [-0.3, -0.25) is 24.0 Å². The fraction of sp³-hybridized carbons (Fsp3) is 0.269. The van der Waals surface area contributed by atoms with Crippen LogP contribution in [0.25, 0.3) is 11.0 Å². The Balaban J connectivity index is 1.82. The molecule has 4 aromatic rings. The van der Waals surface area contributed by atoms with Crippen LogP contribution in [0.4, 0.5) is 11.5 Å². The number of fused-ring (bicyclic) bond motifs is 1. The summed E-state index contributed by atoms with van der Waals surface area (Å²) < 4.78 is 18.3. The Morgan fingerprint density at radius 2 is 1.83 bits per heavy atom. The number of furan rings is 1. The number of hydrogen-bond acceptors (Lipinski definition) is 7. The Kier molecular flexibility index (Phi) is 7.55. The molecule has 0 aliphatic rings. The first-order valence-corrected chi connectivity index (χ1v) is 11.6. The Morgan fingerprint density at radius 1 is 1.11 bits per heavy atom. The van der Waals surface area contributed by atoms with Crippen molar-refractivity contribution in [3.63, 3.8) is 0 Å². The van der Waals surface area contributed by atoms with E-state index in [4.69, 9.17) is 19.6 Å². The molecular formula is C26H28N4O6. The van der Waals surface area contributed by atoms with Crippen LogP contribution in [0.3, 0.4) is 0 Å². The van der Waals surface area contributed by atoms with Gasteiger partial charge in [0.1, 0.15) is 23.8 Å². The monoisotopic (exact) mass is 492 g/mol. The topological polar surface area (TPSA) is 133 Å². The zero-order valence-electron chi connectivity index (χ0n) is 20.2. The predicted molar refractivity (Wildman–Crippen MR) is 137 cm³/mol. The number of nitrogens with one attached hydrogen (secondary N) is 1. The molecule has 10 heteroatoms. The molecule has 188 valence electrons. The second kappa shape index (κ2) is 11.0. The van der Waals surface area contributed by atoms with Gasteiger partial charge in [0.25, 0.3) is 11.5 Å². The first-order valence-electron chi connectivity index (χ1n) is 11.6. The number of carbonyl (C=O) groups excluding carboxylic acids is 1. The number of nitrogens with two attached hydrogens (primary N) is 1. The second-order valence-electron chi connectivity index (χ2n) is 8.10. The molecule has 0 fully saturated rings. The highest BCUT2D eigenvalue weighted by Crippen LogP contribution is 2.30. The molecule has 3 N–H and O–H groups in total. The van der Waals surface area contributed by atoms with Gasteiger partial charge in [-0.1, -0.05) is 43.3 Å². The molecule has 0 saturated heterocycles. The van der Waals surface area contributed by atoms with Crippen molar-refractivity contribution in [2.75, 3.05) is 30.9 Å². The summed E-state index contributed by atoms with van der Waals surface area (Å²) >= 11 is 0. The number of ether oxygens (including phenoxy) is 2. The molecule has 1 amide bonds. The number of para-hydroxylation sites is 2. The highest BCUT2D eigenvalue weighted by Gasteiger charge is 2.30. The average molecular weight is 493 g/mol. The molecule has 0 aliphatic carbocycles. The van der Waals surface area contributed by atoms with E-state index in [1.807, 2.05) is 49.4 Å². The molecule has 0 bridgehead atoms. The molecule has 2 aromatic heterocycles. The quantitative estimate of drug-likeness (QED) is 0.347. The molecule has 0 radical (unpaired) electrons. The third kappa shape index (κ3) is 4.89. The highest BCUT2D eigenvalue weighted by molar-refractivity contribution is 6.09. The molecule has 0 unspecified atom stereocenters. The van der Waals surface area contributed by atoms with E-state index in [1.54, 1.807) is 12.1 Å². The van der Waals surface area contributed by atoms with Gasteiger partial charge in [-0.15, -0.1) is 0 Å². The Morgan fingerprint density at radius 3 is 2.56 bits per heavy atom. The zero-order chi connectivity index (χ0) is 25.7. The Labute approximate surface area is 206 Å². The van der Waals surface area contributed by atoms with Gasteiger partial charge < -0.3 is 19.6 Å². The third-order valence-electron chi connectivity index (χ3n) is 5.71. The van der Waals surface area contributed by atoms with Gasteiger partial charge in [0, 0.05) is 24.6 Å². The van der Waals surface area contributed by atoms with E-state index in [1.165, 1.54) is 16.6 Å². The summed E-state index contributed by atoms with van der Waals surface area (Å²) in [6.07, 6.45) is 0.603. The van der Waals surface area contributed by atoms with E-state index < -0.39 is 17.2 Å². The van der Waals surface area contributed by atoms with Gasteiger partial charge >= 0.3 is 5.69 Å². The Hall–Kier alpha value is -4.31. The molecule has 4 rings (SSSR count). The summed E-state index contributed by atoms with van der Waals surface area (Å²) in [4.78, 5) is 42.6. The molecule has 2 aromatic carbocycles. The predicted octanol–water partition coefficient (Wildman–Crippen LogP) is 3.15. The standard InChI is InChI=1S/C26H28N4O6/c1-3-13-30-23(27)21(24(31)28-26(30)33)29(14-15-34-2)25(32)22-19(16-35-17-9-5-4-6-10-17)18-11-7-8-12-20(18)36-22/h4-12H,3,13-16,27H2,1-2H3,(H,28,31,33). The first-order chi connectivity index (χ1) is 17.5. The van der Waals surface area contributed by atoms with Crippen LogP contribution in [0, 0.1) is 0 Å². The van der Waals surface area contributed by atoms with E-state index in [0.29, 0.717) is 28.7 Å². The van der Waals surface area contributed by atoms with Crippen LogP contribution < -0.4 is 26.6 Å². The minimum atomic E-state index is -0.771. The van der Waals surface area contributed by atoms with E-state index in [9.17, 15) is 14.4 Å². The largest absolute Gasteiger partial charge is 0.489 e. The van der Waals surface area contributed by atoms with Crippen LogP contribution in [-0.4, -0.2) is 35.7 Å². The SMILES string of the molecule is CCCn1c(N)c(N(CCOC)C(=O)c2oc3ccccc3c2COc2ccccc2)c(=O)[nH]c1=O. The summed E-state index contributed by atoms with van der Waals surface area (Å²) in [6, 6.07) is 16.4. The van der Waals surface area contributed by atoms with Crippen LogP contribution in [0.15, 0.2) is 68.6 Å². The van der Waals surface area contributed by atoms with Crippen molar-refractivity contribution in [3.8, 4) is 5.75 Å². The van der Waals surface area contributed by atoms with Crippen molar-refractivity contribution in [2.45, 2.75) is 26.5 Å². The van der Waals surface area contributed by atoms with E-state index >= 15 is 0 Å². The number of aromatic nitrogens is 2. The zero-order valence-corrected chi connectivity index (χ0v) is 20.2. The number of aromatic amines is 1. The lowest BCUT2D eigenvalue weighted by molar-refractivity contribution is 0.0947. The molecule has 0 saturated carbocycles. The van der Waals surface area contributed by atoms with Gasteiger partial charge in [0.15, 0.2) is 11.4 Å². The fourth-order valence-electron chi connectivity index (χ4n) is 3.99. The fourth-order valence-corrected chi connectivity index (χ4v) is 3.99. The van der Waals surface area contributed by atoms with Crippen LogP contribution in [-0.2, 0) is 17.9 Å². The van der Waals surface area contributed by atoms with Crippen LogP contribution >= 0.6 is 0 Å². The molecule has 0 spiro atoms. The van der Waals surface area contributed by atoms with Crippen molar-refractivity contribution >= 4 is 28.4 Å². The van der Waals surface area contributed by atoms with Gasteiger partial charge in [-0.25, -0.2) is 4.79 Å². The van der Waals surface area contributed by atoms with Crippen molar-refractivity contribution < 1.29 is 18.7 Å². The van der Waals surface area contributed by atoms with Crippen LogP contribution in [0.5, 0.6) is 5.75 Å². The van der Waals surface area contributed by atoms with Gasteiger partial charge in [0.2, 0.25) is 0 Å². The van der Waals surface area contributed by atoms with Crippen molar-refractivity contribution in [1.29, 1.82) is 0 Å². The number of anilines is 2. The van der Waals surface area contributed by atoms with Gasteiger partial charge in [0.05, 0.1) is 13.2 Å². The first kappa shape index (κ1) is 24.8. The summed E-state index contributed by atoms with van der Waals surface area (Å²) in [5, 5.41) is 0.710. The summed E-state index contributed by atoms with van der Waals surface area (Å²) in [6.45, 7) is 2.33. The lowest BCUT2D eigenvalue weighted by atomic mass is 10.1. The second-order valence-corrected chi connectivity index (χ2v) is 8.10. The number of benzene rings is 2. The average Bonchev–Trinajstić information content (AvgIpc) is 3.26. The smallest absolute Gasteiger partial charge is 0.330 e.